The fraction of sp³-hybridized carbons (Fsp3) is 0.917. The topological polar surface area (TPSA) is 38.8 Å². The molecule has 1 heterocycles. The molecule has 0 bridgehead atoms. The number of hydrogen-bond acceptors (Lipinski definition) is 3. The average molecular weight is 242 g/mol. The average Bonchev–Trinajstić information content (AvgIpc) is 2.34. The summed E-state index contributed by atoms with van der Waals surface area (Å²) in [4.78, 5) is 18.3. The number of piperazine rings is 1. The molecule has 1 aliphatic heterocycles. The third-order valence-corrected chi connectivity index (χ3v) is 3.05. The van der Waals surface area contributed by atoms with E-state index in [1.807, 2.05) is 4.90 Å². The molecule has 17 heavy (non-hydrogen) atoms. The van der Waals surface area contributed by atoms with Gasteiger partial charge in [0, 0.05) is 45.8 Å². The molecule has 5 nitrogen and oxygen atoms in total. The highest BCUT2D eigenvalue weighted by molar-refractivity contribution is 5.74. The molecule has 0 radical (unpaired) electrons. The molecule has 0 spiro atoms. The molecule has 0 aromatic carbocycles. The van der Waals surface area contributed by atoms with Gasteiger partial charge in [0.25, 0.3) is 0 Å². The van der Waals surface area contributed by atoms with Crippen LogP contribution in [0.4, 0.5) is 4.79 Å². The number of rotatable bonds is 5. The van der Waals surface area contributed by atoms with E-state index in [9.17, 15) is 4.79 Å². The Morgan fingerprint density at radius 3 is 2.41 bits per heavy atom. The number of carbonyl (C=O) groups excluding carboxylic acids is 1. The molecule has 0 aliphatic carbocycles. The predicted molar refractivity (Wildman–Crippen MR) is 70.3 cm³/mol. The second kappa shape index (κ2) is 7.50. The summed E-state index contributed by atoms with van der Waals surface area (Å²) in [5.74, 6) is 0. The molecule has 0 atom stereocenters. The summed E-state index contributed by atoms with van der Waals surface area (Å²) in [6, 6.07) is 0.0964. The summed E-state index contributed by atoms with van der Waals surface area (Å²) in [5, 5.41) is 2.93. The van der Waals surface area contributed by atoms with Crippen molar-refractivity contribution < 1.29 is 4.79 Å². The van der Waals surface area contributed by atoms with Crippen LogP contribution >= 0.6 is 0 Å². The van der Waals surface area contributed by atoms with Crippen LogP contribution in [0.1, 0.15) is 13.3 Å². The smallest absolute Gasteiger partial charge is 0.317 e. The second-order valence-corrected chi connectivity index (χ2v) is 4.86. The molecule has 1 N–H and O–H groups in total. The summed E-state index contributed by atoms with van der Waals surface area (Å²) in [6.07, 6.45) is 0.995. The Labute approximate surface area is 105 Å². The Kier molecular flexibility index (Phi) is 6.29. The first-order valence-corrected chi connectivity index (χ1v) is 6.53. The normalized spacial score (nSPS) is 17.5. The van der Waals surface area contributed by atoms with Crippen molar-refractivity contribution in [2.24, 2.45) is 0 Å². The third kappa shape index (κ3) is 5.37. The zero-order chi connectivity index (χ0) is 12.7. The highest BCUT2D eigenvalue weighted by Crippen LogP contribution is 2.01. The van der Waals surface area contributed by atoms with Crippen LogP contribution in [0.15, 0.2) is 0 Å². The Balaban J connectivity index is 2.18. The van der Waals surface area contributed by atoms with Crippen LogP contribution in [0.3, 0.4) is 0 Å². The Morgan fingerprint density at radius 1 is 1.24 bits per heavy atom. The fourth-order valence-electron chi connectivity index (χ4n) is 1.86. The number of carbonyl (C=O) groups is 1. The summed E-state index contributed by atoms with van der Waals surface area (Å²) in [5.41, 5.74) is 0. The van der Waals surface area contributed by atoms with Crippen LogP contribution in [0.25, 0.3) is 0 Å². The Hall–Kier alpha value is -0.810. The van der Waals surface area contributed by atoms with Gasteiger partial charge in [-0.25, -0.2) is 4.79 Å². The van der Waals surface area contributed by atoms with Gasteiger partial charge in [-0.1, -0.05) is 6.92 Å². The van der Waals surface area contributed by atoms with E-state index in [-0.39, 0.29) is 6.03 Å². The van der Waals surface area contributed by atoms with E-state index >= 15 is 0 Å². The van der Waals surface area contributed by atoms with Crippen molar-refractivity contribution >= 4 is 6.03 Å². The van der Waals surface area contributed by atoms with Crippen molar-refractivity contribution in [3.05, 3.63) is 0 Å². The molecule has 1 aliphatic rings. The second-order valence-electron chi connectivity index (χ2n) is 4.86. The van der Waals surface area contributed by atoms with Crippen molar-refractivity contribution in [1.29, 1.82) is 0 Å². The lowest BCUT2D eigenvalue weighted by atomic mass is 10.3. The largest absolute Gasteiger partial charge is 0.338 e. The van der Waals surface area contributed by atoms with Crippen molar-refractivity contribution in [3.63, 3.8) is 0 Å². The lowest BCUT2D eigenvalue weighted by molar-refractivity contribution is 0.133. The minimum atomic E-state index is 0.0964. The minimum absolute atomic E-state index is 0.0964. The van der Waals surface area contributed by atoms with Crippen molar-refractivity contribution in [2.75, 3.05) is 59.9 Å². The molecule has 0 unspecified atom stereocenters. The number of nitrogens with zero attached hydrogens (tertiary/aromatic N) is 3. The van der Waals surface area contributed by atoms with Gasteiger partial charge >= 0.3 is 6.03 Å². The summed E-state index contributed by atoms with van der Waals surface area (Å²) >= 11 is 0. The van der Waals surface area contributed by atoms with Gasteiger partial charge in [0.15, 0.2) is 0 Å². The summed E-state index contributed by atoms with van der Waals surface area (Å²) < 4.78 is 0. The van der Waals surface area contributed by atoms with Gasteiger partial charge in [-0.2, -0.15) is 0 Å². The van der Waals surface area contributed by atoms with Gasteiger partial charge < -0.3 is 15.1 Å². The highest BCUT2D eigenvalue weighted by Gasteiger charge is 2.20. The molecule has 0 aromatic rings. The number of hydrogen-bond donors (Lipinski definition) is 1. The van der Waals surface area contributed by atoms with Crippen LogP contribution in [-0.4, -0.2) is 80.6 Å². The van der Waals surface area contributed by atoms with Gasteiger partial charge in [-0.3, -0.25) is 4.90 Å². The number of likely N-dealkylation sites (N-methyl/N-ethyl adjacent to an activating group) is 1. The number of urea groups is 1. The highest BCUT2D eigenvalue weighted by atomic mass is 16.2. The maximum atomic E-state index is 11.7. The zero-order valence-electron chi connectivity index (χ0n) is 11.4. The molecule has 1 rings (SSSR count). The Bertz CT molecular complexity index is 225. The van der Waals surface area contributed by atoms with E-state index in [1.165, 1.54) is 0 Å². The van der Waals surface area contributed by atoms with E-state index < -0.39 is 0 Å². The monoisotopic (exact) mass is 242 g/mol. The van der Waals surface area contributed by atoms with E-state index in [0.717, 1.165) is 52.2 Å². The van der Waals surface area contributed by atoms with Crippen molar-refractivity contribution in [2.45, 2.75) is 13.3 Å². The lowest BCUT2D eigenvalue weighted by Crippen LogP contribution is -2.52. The third-order valence-electron chi connectivity index (χ3n) is 3.05. The fourth-order valence-corrected chi connectivity index (χ4v) is 1.86. The Morgan fingerprint density at radius 2 is 1.88 bits per heavy atom. The zero-order valence-corrected chi connectivity index (χ0v) is 11.4. The van der Waals surface area contributed by atoms with E-state index in [4.69, 9.17) is 0 Å². The van der Waals surface area contributed by atoms with Gasteiger partial charge in [0.05, 0.1) is 0 Å². The standard InChI is InChI=1S/C12H26N4O/c1-4-5-13-12(17)16-10-8-15(9-11-16)7-6-14(2)3/h4-11H2,1-3H3,(H,13,17). The van der Waals surface area contributed by atoms with Crippen LogP contribution < -0.4 is 5.32 Å². The maximum Gasteiger partial charge on any atom is 0.317 e. The predicted octanol–water partition coefficient (Wildman–Crippen LogP) is 0.285. The van der Waals surface area contributed by atoms with Crippen molar-refractivity contribution in [1.82, 2.24) is 20.0 Å². The molecule has 1 fully saturated rings. The SMILES string of the molecule is CCCNC(=O)N1CCN(CCN(C)C)CC1. The van der Waals surface area contributed by atoms with Gasteiger partial charge in [-0.05, 0) is 20.5 Å². The first-order chi connectivity index (χ1) is 8.13. The number of nitrogens with one attached hydrogen (secondary N) is 1. The van der Waals surface area contributed by atoms with Crippen LogP contribution in [-0.2, 0) is 0 Å². The van der Waals surface area contributed by atoms with Crippen LogP contribution in [0.2, 0.25) is 0 Å². The number of amides is 2. The van der Waals surface area contributed by atoms with Crippen LogP contribution in [0.5, 0.6) is 0 Å². The minimum Gasteiger partial charge on any atom is -0.338 e. The van der Waals surface area contributed by atoms with Crippen LogP contribution in [0, 0.1) is 0 Å². The molecule has 0 saturated carbocycles. The van der Waals surface area contributed by atoms with E-state index in [0.29, 0.717) is 0 Å². The first-order valence-electron chi connectivity index (χ1n) is 6.53. The van der Waals surface area contributed by atoms with E-state index in [2.05, 4.69) is 36.1 Å². The molecule has 0 aromatic heterocycles. The maximum absolute atomic E-state index is 11.7. The first kappa shape index (κ1) is 14.3. The molecule has 100 valence electrons. The summed E-state index contributed by atoms with van der Waals surface area (Å²) in [6.45, 7) is 8.71. The molecule has 2 amide bonds. The molecule has 1 saturated heterocycles. The van der Waals surface area contributed by atoms with Gasteiger partial charge in [0.1, 0.15) is 0 Å². The molecular formula is C12H26N4O. The molecular weight excluding hydrogens is 216 g/mol. The lowest BCUT2D eigenvalue weighted by Gasteiger charge is -2.35. The molecule has 5 heteroatoms. The summed E-state index contributed by atoms with van der Waals surface area (Å²) in [7, 11) is 4.18. The van der Waals surface area contributed by atoms with Gasteiger partial charge in [-0.15, -0.1) is 0 Å². The van der Waals surface area contributed by atoms with E-state index in [1.54, 1.807) is 0 Å². The van der Waals surface area contributed by atoms with Gasteiger partial charge in [0.2, 0.25) is 0 Å². The quantitative estimate of drug-likeness (QED) is 0.753. The van der Waals surface area contributed by atoms with Crippen molar-refractivity contribution in [3.8, 4) is 0 Å².